The monoisotopic (exact) mass is 459 g/mol. The third-order valence-electron chi connectivity index (χ3n) is 4.97. The van der Waals surface area contributed by atoms with Crippen LogP contribution >= 0.6 is 0 Å². The summed E-state index contributed by atoms with van der Waals surface area (Å²) in [6.45, 7) is 8.89. The Morgan fingerprint density at radius 2 is 1.53 bits per heavy atom. The molecule has 0 fully saturated rings. The molecular weight excluding hydrogens is 426 g/mol. The molecule has 0 spiro atoms. The largest absolute Gasteiger partial charge is 0.352 e. The van der Waals surface area contributed by atoms with Gasteiger partial charge in [0.25, 0.3) is 0 Å². The maximum Gasteiger partial charge on any atom is 0.244 e. The highest BCUT2D eigenvalue weighted by molar-refractivity contribution is 7.92. The van der Waals surface area contributed by atoms with Crippen molar-refractivity contribution in [2.75, 3.05) is 17.1 Å². The van der Waals surface area contributed by atoms with Gasteiger partial charge in [-0.15, -0.1) is 0 Å². The molecule has 0 saturated carbocycles. The maximum atomic E-state index is 13.4. The topological polar surface area (TPSA) is 86.8 Å². The lowest BCUT2D eigenvalue weighted by Crippen LogP contribution is -2.52. The molecule has 0 aromatic heterocycles. The Morgan fingerprint density at radius 1 is 0.969 bits per heavy atom. The van der Waals surface area contributed by atoms with Crippen LogP contribution in [0.15, 0.2) is 48.5 Å². The quantitative estimate of drug-likeness (QED) is 0.625. The molecule has 2 rings (SSSR count). The van der Waals surface area contributed by atoms with Crippen LogP contribution in [0, 0.1) is 13.8 Å². The number of anilines is 1. The molecule has 174 valence electrons. The van der Waals surface area contributed by atoms with Crippen molar-refractivity contribution in [2.24, 2.45) is 0 Å². The molecule has 2 aromatic carbocycles. The number of benzene rings is 2. The Balaban J connectivity index is 2.40. The van der Waals surface area contributed by atoms with E-state index in [4.69, 9.17) is 0 Å². The van der Waals surface area contributed by atoms with Crippen molar-refractivity contribution < 1.29 is 18.0 Å². The molecule has 2 aromatic rings. The number of sulfonamides is 1. The lowest BCUT2D eigenvalue weighted by atomic mass is 10.1. The summed E-state index contributed by atoms with van der Waals surface area (Å²) >= 11 is 0. The van der Waals surface area contributed by atoms with Gasteiger partial charge >= 0.3 is 0 Å². The van der Waals surface area contributed by atoms with Crippen molar-refractivity contribution in [1.82, 2.24) is 10.2 Å². The minimum atomic E-state index is -3.73. The Morgan fingerprint density at radius 3 is 2.03 bits per heavy atom. The molecule has 1 N–H and O–H groups in total. The highest BCUT2D eigenvalue weighted by atomic mass is 32.2. The molecule has 0 bridgehead atoms. The average Bonchev–Trinajstić information content (AvgIpc) is 2.68. The smallest absolute Gasteiger partial charge is 0.244 e. The highest BCUT2D eigenvalue weighted by Gasteiger charge is 2.30. The van der Waals surface area contributed by atoms with Crippen molar-refractivity contribution in [3.05, 3.63) is 65.2 Å². The fourth-order valence-electron chi connectivity index (χ4n) is 3.48. The van der Waals surface area contributed by atoms with Crippen LogP contribution in [-0.2, 0) is 26.2 Å². The van der Waals surface area contributed by atoms with Gasteiger partial charge < -0.3 is 10.2 Å². The molecule has 0 unspecified atom stereocenters. The molecular formula is C24H33N3O4S. The van der Waals surface area contributed by atoms with E-state index < -0.39 is 28.5 Å². The van der Waals surface area contributed by atoms with Gasteiger partial charge in [0, 0.05) is 12.6 Å². The van der Waals surface area contributed by atoms with E-state index in [-0.39, 0.29) is 18.5 Å². The summed E-state index contributed by atoms with van der Waals surface area (Å²) in [5.74, 6) is -0.744. The van der Waals surface area contributed by atoms with E-state index in [1.165, 1.54) is 4.90 Å². The van der Waals surface area contributed by atoms with Gasteiger partial charge in [0.1, 0.15) is 12.6 Å². The number of hydrogen-bond donors (Lipinski definition) is 1. The fraction of sp³-hybridized carbons (Fsp3) is 0.417. The normalized spacial score (nSPS) is 12.3. The maximum absolute atomic E-state index is 13.4. The third-order valence-corrected chi connectivity index (χ3v) is 6.11. The Kier molecular flexibility index (Phi) is 8.44. The first-order valence-electron chi connectivity index (χ1n) is 10.6. The molecule has 32 heavy (non-hydrogen) atoms. The van der Waals surface area contributed by atoms with E-state index in [1.807, 2.05) is 64.1 Å². The summed E-state index contributed by atoms with van der Waals surface area (Å²) in [7, 11) is -3.73. The Hall–Kier alpha value is -2.87. The van der Waals surface area contributed by atoms with Crippen LogP contribution in [0.25, 0.3) is 0 Å². The van der Waals surface area contributed by atoms with Crippen LogP contribution in [0.3, 0.4) is 0 Å². The lowest BCUT2D eigenvalue weighted by molar-refractivity contribution is -0.139. The molecule has 0 saturated heterocycles. The van der Waals surface area contributed by atoms with Gasteiger partial charge in [0.15, 0.2) is 0 Å². The summed E-state index contributed by atoms with van der Waals surface area (Å²) in [4.78, 5) is 27.5. The number of carbonyl (C=O) groups is 2. The zero-order chi connectivity index (χ0) is 24.1. The molecule has 7 nitrogen and oxygen atoms in total. The van der Waals surface area contributed by atoms with Gasteiger partial charge in [-0.25, -0.2) is 8.42 Å². The van der Waals surface area contributed by atoms with E-state index in [1.54, 1.807) is 19.1 Å². The number of hydrogen-bond acceptors (Lipinski definition) is 4. The van der Waals surface area contributed by atoms with E-state index in [2.05, 4.69) is 5.32 Å². The second kappa shape index (κ2) is 10.6. The van der Waals surface area contributed by atoms with E-state index in [9.17, 15) is 18.0 Å². The van der Waals surface area contributed by atoms with E-state index in [0.717, 1.165) is 27.3 Å². The number of rotatable bonds is 9. The molecule has 0 radical (unpaired) electrons. The van der Waals surface area contributed by atoms with E-state index >= 15 is 0 Å². The minimum Gasteiger partial charge on any atom is -0.352 e. The van der Waals surface area contributed by atoms with Crippen molar-refractivity contribution in [3.8, 4) is 0 Å². The minimum absolute atomic E-state index is 0.0820. The first-order valence-corrected chi connectivity index (χ1v) is 12.4. The fourth-order valence-corrected chi connectivity index (χ4v) is 4.31. The van der Waals surface area contributed by atoms with Gasteiger partial charge in [0.05, 0.1) is 11.9 Å². The highest BCUT2D eigenvalue weighted by Crippen LogP contribution is 2.22. The molecule has 8 heteroatoms. The Bertz CT molecular complexity index is 1030. The van der Waals surface area contributed by atoms with Gasteiger partial charge in [-0.05, 0) is 63.4 Å². The van der Waals surface area contributed by atoms with Crippen molar-refractivity contribution in [1.29, 1.82) is 0 Å². The van der Waals surface area contributed by atoms with E-state index in [0.29, 0.717) is 5.69 Å². The third kappa shape index (κ3) is 7.09. The van der Waals surface area contributed by atoms with Crippen LogP contribution in [0.5, 0.6) is 0 Å². The van der Waals surface area contributed by atoms with Crippen molar-refractivity contribution >= 4 is 27.5 Å². The molecule has 2 amide bonds. The Labute approximate surface area is 191 Å². The average molecular weight is 460 g/mol. The number of nitrogens with zero attached hydrogens (tertiary/aromatic N) is 2. The van der Waals surface area contributed by atoms with Crippen molar-refractivity contribution in [2.45, 2.75) is 53.2 Å². The molecule has 0 aliphatic rings. The van der Waals surface area contributed by atoms with Crippen LogP contribution in [-0.4, -0.2) is 50.0 Å². The first kappa shape index (κ1) is 25.4. The van der Waals surface area contributed by atoms with Crippen LogP contribution < -0.4 is 9.62 Å². The van der Waals surface area contributed by atoms with Gasteiger partial charge in [-0.2, -0.15) is 0 Å². The van der Waals surface area contributed by atoms with Crippen LogP contribution in [0.1, 0.15) is 37.5 Å². The summed E-state index contributed by atoms with van der Waals surface area (Å²) in [5.41, 5.74) is 3.07. The van der Waals surface area contributed by atoms with Gasteiger partial charge in [0.2, 0.25) is 21.8 Å². The summed E-state index contributed by atoms with van der Waals surface area (Å²) in [6, 6.07) is 13.9. The zero-order valence-electron chi connectivity index (χ0n) is 19.6. The van der Waals surface area contributed by atoms with Crippen LogP contribution in [0.4, 0.5) is 5.69 Å². The molecule has 0 heterocycles. The number of nitrogens with one attached hydrogen (secondary N) is 1. The second-order valence-corrected chi connectivity index (χ2v) is 10.4. The van der Waals surface area contributed by atoms with Gasteiger partial charge in [-0.3, -0.25) is 13.9 Å². The number of amides is 2. The number of aryl methyl sites for hydroxylation is 2. The zero-order valence-corrected chi connectivity index (χ0v) is 20.4. The number of carbonyl (C=O) groups excluding carboxylic acids is 2. The molecule has 0 aliphatic carbocycles. The first-order chi connectivity index (χ1) is 14.9. The molecule has 0 aliphatic heterocycles. The predicted octanol–water partition coefficient (Wildman–Crippen LogP) is 3.01. The lowest BCUT2D eigenvalue weighted by Gasteiger charge is -2.32. The predicted molar refractivity (Wildman–Crippen MR) is 128 cm³/mol. The van der Waals surface area contributed by atoms with Crippen molar-refractivity contribution in [3.63, 3.8) is 0 Å². The van der Waals surface area contributed by atoms with Gasteiger partial charge in [-0.1, -0.05) is 36.4 Å². The summed E-state index contributed by atoms with van der Waals surface area (Å²) < 4.78 is 26.3. The second-order valence-electron chi connectivity index (χ2n) is 8.46. The molecule has 1 atom stereocenters. The summed E-state index contributed by atoms with van der Waals surface area (Å²) in [6.07, 6.45) is 1.08. The summed E-state index contributed by atoms with van der Waals surface area (Å²) in [5, 5.41) is 2.83. The standard InChI is InChI=1S/C24H33N3O4S/c1-17(2)25-24(29)20(5)26(15-21-10-8-7-9-11-21)23(28)16-27(32(6,30)31)22-13-18(3)12-19(4)14-22/h7-14,17,20H,15-16H2,1-6H3,(H,25,29)/t20-/m0/s1. The van der Waals surface area contributed by atoms with Crippen LogP contribution in [0.2, 0.25) is 0 Å². The SMILES string of the molecule is Cc1cc(C)cc(N(CC(=O)N(Cc2ccccc2)[C@@H](C)C(=O)NC(C)C)S(C)(=O)=O)c1.